The zero-order chi connectivity index (χ0) is 16.0. The average Bonchev–Trinajstić information content (AvgIpc) is 3.07. The van der Waals surface area contributed by atoms with Crippen LogP contribution in [0.5, 0.6) is 5.75 Å². The Morgan fingerprint density at radius 2 is 1.82 bits per heavy atom. The molecule has 1 amide bonds. The van der Waals surface area contributed by atoms with Crippen LogP contribution in [-0.2, 0) is 10.2 Å². The minimum atomic E-state index is -0.532. The van der Waals surface area contributed by atoms with Crippen LogP contribution < -0.4 is 5.32 Å². The van der Waals surface area contributed by atoms with Gasteiger partial charge >= 0.3 is 0 Å². The Kier molecular flexibility index (Phi) is 3.41. The van der Waals surface area contributed by atoms with E-state index in [2.05, 4.69) is 19.2 Å². The number of halogens is 1. The third-order valence-electron chi connectivity index (χ3n) is 4.59. The fourth-order valence-corrected chi connectivity index (χ4v) is 3.41. The summed E-state index contributed by atoms with van der Waals surface area (Å²) in [7, 11) is 0. The van der Waals surface area contributed by atoms with E-state index in [0.29, 0.717) is 10.7 Å². The normalized spacial score (nSPS) is 22.1. The second-order valence-electron chi connectivity index (χ2n) is 6.45. The summed E-state index contributed by atoms with van der Waals surface area (Å²) in [6.45, 7) is 4.19. The summed E-state index contributed by atoms with van der Waals surface area (Å²) >= 11 is 6.09. The zero-order valence-electron chi connectivity index (χ0n) is 12.6. The number of hydrogen-bond donors (Lipinski definition) is 2. The van der Waals surface area contributed by atoms with Gasteiger partial charge in [-0.25, -0.2) is 0 Å². The van der Waals surface area contributed by atoms with Crippen molar-refractivity contribution in [2.75, 3.05) is 5.32 Å². The van der Waals surface area contributed by atoms with Gasteiger partial charge in [0.05, 0.1) is 16.1 Å². The molecule has 1 atom stereocenters. The topological polar surface area (TPSA) is 49.3 Å². The lowest BCUT2D eigenvalue weighted by Crippen LogP contribution is -2.32. The summed E-state index contributed by atoms with van der Waals surface area (Å²) in [5.74, 6) is 0.0174. The number of carbonyl (C=O) groups excluding carboxylic acids is 1. The van der Waals surface area contributed by atoms with Gasteiger partial charge in [-0.1, -0.05) is 55.8 Å². The molecule has 2 aromatic rings. The summed E-state index contributed by atoms with van der Waals surface area (Å²) in [6.07, 6.45) is 0.797. The SMILES string of the molecule is CC1(C)CC1(C(=O)Nc1ccc(O)cc1Cl)c1ccccc1. The highest BCUT2D eigenvalue weighted by atomic mass is 35.5. The monoisotopic (exact) mass is 315 g/mol. The Morgan fingerprint density at radius 3 is 2.36 bits per heavy atom. The van der Waals surface area contributed by atoms with Gasteiger partial charge in [0.1, 0.15) is 5.75 Å². The van der Waals surface area contributed by atoms with Gasteiger partial charge in [-0.15, -0.1) is 0 Å². The predicted molar refractivity (Wildman–Crippen MR) is 88.3 cm³/mol. The van der Waals surface area contributed by atoms with Crippen molar-refractivity contribution in [3.8, 4) is 5.75 Å². The lowest BCUT2D eigenvalue weighted by molar-refractivity contribution is -0.119. The Bertz CT molecular complexity index is 727. The van der Waals surface area contributed by atoms with Crippen molar-refractivity contribution in [2.45, 2.75) is 25.7 Å². The van der Waals surface area contributed by atoms with E-state index >= 15 is 0 Å². The van der Waals surface area contributed by atoms with E-state index in [1.807, 2.05) is 30.3 Å². The van der Waals surface area contributed by atoms with Crippen LogP contribution in [0.1, 0.15) is 25.8 Å². The fourth-order valence-electron chi connectivity index (χ4n) is 3.19. The molecule has 0 bridgehead atoms. The van der Waals surface area contributed by atoms with Gasteiger partial charge in [-0.2, -0.15) is 0 Å². The Labute approximate surface area is 134 Å². The van der Waals surface area contributed by atoms with Crippen molar-refractivity contribution < 1.29 is 9.90 Å². The largest absolute Gasteiger partial charge is 0.508 e. The Hall–Kier alpha value is -2.00. The molecule has 1 unspecified atom stereocenters. The molecule has 0 radical (unpaired) electrons. The van der Waals surface area contributed by atoms with Crippen LogP contribution in [0.4, 0.5) is 5.69 Å². The maximum atomic E-state index is 12.9. The van der Waals surface area contributed by atoms with E-state index in [1.165, 1.54) is 12.1 Å². The number of hydrogen-bond acceptors (Lipinski definition) is 2. The molecule has 1 saturated carbocycles. The van der Waals surface area contributed by atoms with Crippen LogP contribution in [0.25, 0.3) is 0 Å². The van der Waals surface area contributed by atoms with Crippen LogP contribution in [0.15, 0.2) is 48.5 Å². The molecule has 1 fully saturated rings. The van der Waals surface area contributed by atoms with Crippen molar-refractivity contribution in [1.29, 1.82) is 0 Å². The van der Waals surface area contributed by atoms with Crippen molar-refractivity contribution in [2.24, 2.45) is 5.41 Å². The number of phenols is 1. The van der Waals surface area contributed by atoms with Gasteiger partial charge in [0.15, 0.2) is 0 Å². The van der Waals surface area contributed by atoms with E-state index in [-0.39, 0.29) is 17.1 Å². The van der Waals surface area contributed by atoms with Crippen molar-refractivity contribution in [1.82, 2.24) is 0 Å². The van der Waals surface area contributed by atoms with Crippen molar-refractivity contribution in [3.63, 3.8) is 0 Å². The lowest BCUT2D eigenvalue weighted by Gasteiger charge is -2.21. The number of phenolic OH excluding ortho intramolecular Hbond substituents is 1. The van der Waals surface area contributed by atoms with E-state index in [4.69, 9.17) is 11.6 Å². The predicted octanol–water partition coefficient (Wildman–Crippen LogP) is 4.35. The molecule has 2 N–H and O–H groups in total. The van der Waals surface area contributed by atoms with Crippen LogP contribution >= 0.6 is 11.6 Å². The number of rotatable bonds is 3. The number of carbonyl (C=O) groups is 1. The minimum Gasteiger partial charge on any atom is -0.508 e. The fraction of sp³-hybridized carbons (Fsp3) is 0.278. The third-order valence-corrected chi connectivity index (χ3v) is 4.91. The van der Waals surface area contributed by atoms with Crippen LogP contribution in [0.2, 0.25) is 5.02 Å². The highest BCUT2D eigenvalue weighted by Gasteiger charge is 2.67. The Morgan fingerprint density at radius 1 is 1.18 bits per heavy atom. The molecule has 22 heavy (non-hydrogen) atoms. The van der Waals surface area contributed by atoms with Crippen molar-refractivity contribution >= 4 is 23.2 Å². The first kappa shape index (κ1) is 14.9. The van der Waals surface area contributed by atoms with Crippen LogP contribution in [0.3, 0.4) is 0 Å². The molecule has 0 spiro atoms. The van der Waals surface area contributed by atoms with Gasteiger partial charge in [-0.05, 0) is 29.5 Å². The quantitative estimate of drug-likeness (QED) is 0.827. The molecule has 114 valence electrons. The summed E-state index contributed by atoms with van der Waals surface area (Å²) in [4.78, 5) is 12.9. The molecule has 0 aromatic heterocycles. The van der Waals surface area contributed by atoms with Gasteiger partial charge in [0, 0.05) is 6.07 Å². The molecule has 0 heterocycles. The van der Waals surface area contributed by atoms with Crippen molar-refractivity contribution in [3.05, 3.63) is 59.1 Å². The first-order chi connectivity index (χ1) is 10.4. The maximum Gasteiger partial charge on any atom is 0.235 e. The molecule has 4 heteroatoms. The smallest absolute Gasteiger partial charge is 0.235 e. The molecule has 1 aliphatic carbocycles. The second kappa shape index (κ2) is 5.03. The second-order valence-corrected chi connectivity index (χ2v) is 6.86. The molecule has 0 saturated heterocycles. The highest BCUT2D eigenvalue weighted by molar-refractivity contribution is 6.34. The first-order valence-corrected chi connectivity index (χ1v) is 7.60. The summed E-state index contributed by atoms with van der Waals surface area (Å²) in [6, 6.07) is 14.4. The average molecular weight is 316 g/mol. The number of amides is 1. The minimum absolute atomic E-state index is 0.0590. The van der Waals surface area contributed by atoms with Gasteiger partial charge in [-0.3, -0.25) is 4.79 Å². The van der Waals surface area contributed by atoms with Crippen LogP contribution in [0, 0.1) is 5.41 Å². The molecular formula is C18H18ClNO2. The zero-order valence-corrected chi connectivity index (χ0v) is 13.3. The third kappa shape index (κ3) is 2.26. The summed E-state index contributed by atoms with van der Waals surface area (Å²) in [5.41, 5.74) is 0.909. The molecule has 1 aliphatic rings. The molecule has 0 aliphatic heterocycles. The highest BCUT2D eigenvalue weighted by Crippen LogP contribution is 2.64. The first-order valence-electron chi connectivity index (χ1n) is 7.22. The van der Waals surface area contributed by atoms with Gasteiger partial charge in [0.25, 0.3) is 0 Å². The van der Waals surface area contributed by atoms with E-state index < -0.39 is 5.41 Å². The van der Waals surface area contributed by atoms with Gasteiger partial charge < -0.3 is 10.4 Å². The number of benzene rings is 2. The summed E-state index contributed by atoms with van der Waals surface area (Å²) in [5, 5.41) is 12.6. The number of nitrogens with one attached hydrogen (secondary N) is 1. The van der Waals surface area contributed by atoms with Gasteiger partial charge in [0.2, 0.25) is 5.91 Å². The molecule has 2 aromatic carbocycles. The number of aromatic hydroxyl groups is 1. The molecular weight excluding hydrogens is 298 g/mol. The standard InChI is InChI=1S/C18H18ClNO2/c1-17(2)11-18(17,12-6-4-3-5-7-12)16(22)20-15-9-8-13(21)10-14(15)19/h3-10,21H,11H2,1-2H3,(H,20,22). The molecule has 3 rings (SSSR count). The van der Waals surface area contributed by atoms with Crippen LogP contribution in [-0.4, -0.2) is 11.0 Å². The number of anilines is 1. The molecule has 3 nitrogen and oxygen atoms in total. The summed E-state index contributed by atoms with van der Waals surface area (Å²) < 4.78 is 0. The van der Waals surface area contributed by atoms with E-state index in [9.17, 15) is 9.90 Å². The maximum absolute atomic E-state index is 12.9. The van der Waals surface area contributed by atoms with E-state index in [0.717, 1.165) is 12.0 Å². The Balaban J connectivity index is 1.93. The van der Waals surface area contributed by atoms with E-state index in [1.54, 1.807) is 6.07 Å². The lowest BCUT2D eigenvalue weighted by atomic mass is 9.87.